The van der Waals surface area contributed by atoms with E-state index in [1.165, 1.54) is 0 Å². The summed E-state index contributed by atoms with van der Waals surface area (Å²) in [7, 11) is 0. The first-order valence-corrected chi connectivity index (χ1v) is 9.91. The molecule has 156 valence electrons. The molecule has 0 aliphatic heterocycles. The molecule has 8 nitrogen and oxygen atoms in total. The second-order valence-electron chi connectivity index (χ2n) is 6.62. The molecule has 0 atom stereocenters. The quantitative estimate of drug-likeness (QED) is 0.259. The maximum Gasteiger partial charge on any atom is 0.291 e. The minimum absolute atomic E-state index is 0.0309. The van der Waals surface area contributed by atoms with Crippen LogP contribution < -0.4 is 4.90 Å². The van der Waals surface area contributed by atoms with E-state index in [0.29, 0.717) is 0 Å². The van der Waals surface area contributed by atoms with E-state index in [4.69, 9.17) is 11.6 Å². The summed E-state index contributed by atoms with van der Waals surface area (Å²) < 4.78 is 0. The number of azo groups is 1. The molecule has 2 rings (SSSR count). The van der Waals surface area contributed by atoms with E-state index in [1.807, 2.05) is 6.07 Å². The number of unbranched alkanes of at least 4 members (excludes halogenated alkanes) is 2. The number of benzene rings is 2. The number of halogens is 1. The summed E-state index contributed by atoms with van der Waals surface area (Å²) in [4.78, 5) is 12.4. The molecule has 2 aromatic carbocycles. The van der Waals surface area contributed by atoms with E-state index in [0.717, 1.165) is 56.6 Å². The summed E-state index contributed by atoms with van der Waals surface area (Å²) in [5.74, 6) is -0.469. The molecule has 0 aromatic heterocycles. The summed E-state index contributed by atoms with van der Waals surface area (Å²) >= 11 is 5.84. The van der Waals surface area contributed by atoms with Crippen LogP contribution in [0.1, 0.15) is 39.5 Å². The van der Waals surface area contributed by atoms with Gasteiger partial charge in [-0.15, -0.1) is 10.2 Å². The Bertz CT molecular complexity index is 881. The van der Waals surface area contributed by atoms with E-state index in [2.05, 4.69) is 29.0 Å². The number of hydrogen-bond acceptors (Lipinski definition) is 7. The molecule has 0 aliphatic rings. The fourth-order valence-corrected chi connectivity index (χ4v) is 2.96. The van der Waals surface area contributed by atoms with E-state index >= 15 is 0 Å². The van der Waals surface area contributed by atoms with Gasteiger partial charge in [-0.3, -0.25) is 10.1 Å². The zero-order valence-corrected chi connectivity index (χ0v) is 17.3. The van der Waals surface area contributed by atoms with Crippen LogP contribution in [0.25, 0.3) is 0 Å². The van der Waals surface area contributed by atoms with Crippen LogP contribution in [0.4, 0.5) is 22.7 Å². The Morgan fingerprint density at radius 1 is 1.00 bits per heavy atom. The average Bonchev–Trinajstić information content (AvgIpc) is 2.69. The molecule has 0 saturated carbocycles. The molecule has 0 radical (unpaired) electrons. The van der Waals surface area contributed by atoms with Crippen LogP contribution in [-0.2, 0) is 0 Å². The Morgan fingerprint density at radius 2 is 1.59 bits per heavy atom. The van der Waals surface area contributed by atoms with Gasteiger partial charge in [0, 0.05) is 24.8 Å². The lowest BCUT2D eigenvalue weighted by Gasteiger charge is -2.25. The third-order valence-electron chi connectivity index (χ3n) is 4.39. The molecule has 29 heavy (non-hydrogen) atoms. The van der Waals surface area contributed by atoms with Crippen molar-refractivity contribution in [3.05, 3.63) is 45.5 Å². The van der Waals surface area contributed by atoms with Crippen LogP contribution in [-0.4, -0.2) is 28.2 Å². The van der Waals surface area contributed by atoms with Crippen LogP contribution in [0.15, 0.2) is 40.6 Å². The van der Waals surface area contributed by atoms with Gasteiger partial charge in [0.2, 0.25) is 0 Å². The Balaban J connectivity index is 2.24. The van der Waals surface area contributed by atoms with Gasteiger partial charge < -0.3 is 15.1 Å². The monoisotopic (exact) mass is 420 g/mol. The lowest BCUT2D eigenvalue weighted by atomic mass is 10.2. The number of rotatable bonds is 10. The minimum atomic E-state index is -0.698. The largest absolute Gasteiger partial charge is 0.506 e. The van der Waals surface area contributed by atoms with Crippen molar-refractivity contribution in [3.63, 3.8) is 0 Å². The number of aromatic hydroxyl groups is 2. The summed E-state index contributed by atoms with van der Waals surface area (Å²) in [6.45, 7) is 6.09. The lowest BCUT2D eigenvalue weighted by molar-refractivity contribution is -0.384. The van der Waals surface area contributed by atoms with Gasteiger partial charge in [-0.25, -0.2) is 0 Å². The van der Waals surface area contributed by atoms with Crippen molar-refractivity contribution < 1.29 is 15.1 Å². The van der Waals surface area contributed by atoms with Gasteiger partial charge in [0.25, 0.3) is 5.69 Å². The topological polar surface area (TPSA) is 112 Å². The zero-order valence-electron chi connectivity index (χ0n) is 16.5. The smallest absolute Gasteiger partial charge is 0.291 e. The zero-order chi connectivity index (χ0) is 21.4. The fraction of sp³-hybridized carbons (Fsp3) is 0.400. The molecule has 0 bridgehead atoms. The standard InChI is InChI=1S/C20H25ClN4O4/c1-3-5-9-24(10-6-4-2)14-7-8-16(19(26)11-14)22-23-17-12-15(21)18(25(28)29)13-20(17)27/h7-8,11-13,26-27H,3-6,9-10H2,1-2H3. The molecule has 0 amide bonds. The van der Waals surface area contributed by atoms with E-state index in [9.17, 15) is 20.3 Å². The molecule has 0 saturated heterocycles. The molecule has 0 heterocycles. The van der Waals surface area contributed by atoms with Gasteiger partial charge >= 0.3 is 0 Å². The van der Waals surface area contributed by atoms with E-state index < -0.39 is 16.4 Å². The SMILES string of the molecule is CCCCN(CCCC)c1ccc(N=Nc2cc(Cl)c([N+](=O)[O-])cc2O)c(O)c1. The van der Waals surface area contributed by atoms with Crippen LogP contribution in [0, 0.1) is 10.1 Å². The first-order valence-electron chi connectivity index (χ1n) is 9.54. The predicted octanol–water partition coefficient (Wildman–Crippen LogP) is 6.48. The highest BCUT2D eigenvalue weighted by atomic mass is 35.5. The van der Waals surface area contributed by atoms with Crippen LogP contribution in [0.5, 0.6) is 11.5 Å². The Kier molecular flexibility index (Phi) is 8.21. The van der Waals surface area contributed by atoms with Crippen molar-refractivity contribution in [2.75, 3.05) is 18.0 Å². The highest BCUT2D eigenvalue weighted by Crippen LogP contribution is 2.38. The second kappa shape index (κ2) is 10.6. The highest BCUT2D eigenvalue weighted by Gasteiger charge is 2.17. The third kappa shape index (κ3) is 6.05. The van der Waals surface area contributed by atoms with Crippen molar-refractivity contribution in [1.29, 1.82) is 0 Å². The van der Waals surface area contributed by atoms with Gasteiger partial charge in [0.1, 0.15) is 27.9 Å². The summed E-state index contributed by atoms with van der Waals surface area (Å²) in [6, 6.07) is 7.22. The average molecular weight is 421 g/mol. The summed E-state index contributed by atoms with van der Waals surface area (Å²) in [5.41, 5.74) is 0.671. The van der Waals surface area contributed by atoms with Gasteiger partial charge in [0.15, 0.2) is 0 Å². The molecular weight excluding hydrogens is 396 g/mol. The van der Waals surface area contributed by atoms with Crippen molar-refractivity contribution >= 4 is 34.4 Å². The molecule has 0 fully saturated rings. The molecule has 2 N–H and O–H groups in total. The summed E-state index contributed by atoms with van der Waals surface area (Å²) in [6.07, 6.45) is 4.29. The molecule has 2 aromatic rings. The third-order valence-corrected chi connectivity index (χ3v) is 4.70. The van der Waals surface area contributed by atoms with Gasteiger partial charge in [0.05, 0.1) is 11.0 Å². The van der Waals surface area contributed by atoms with Gasteiger partial charge in [-0.05, 0) is 31.0 Å². The summed E-state index contributed by atoms with van der Waals surface area (Å²) in [5, 5.41) is 38.8. The maximum atomic E-state index is 10.8. The number of phenols is 2. The van der Waals surface area contributed by atoms with Crippen molar-refractivity contribution in [1.82, 2.24) is 0 Å². The minimum Gasteiger partial charge on any atom is -0.506 e. The number of anilines is 1. The lowest BCUT2D eigenvalue weighted by Crippen LogP contribution is -2.25. The second-order valence-corrected chi connectivity index (χ2v) is 7.02. The van der Waals surface area contributed by atoms with Crippen LogP contribution >= 0.6 is 11.6 Å². The first-order chi connectivity index (χ1) is 13.9. The Labute approximate surface area is 174 Å². The van der Waals surface area contributed by atoms with Gasteiger partial charge in [-0.2, -0.15) is 0 Å². The fourth-order valence-electron chi connectivity index (χ4n) is 2.73. The number of nitro benzene ring substituents is 1. The maximum absolute atomic E-state index is 10.8. The van der Waals surface area contributed by atoms with Crippen LogP contribution in [0.2, 0.25) is 5.02 Å². The van der Waals surface area contributed by atoms with Crippen molar-refractivity contribution in [2.24, 2.45) is 10.2 Å². The van der Waals surface area contributed by atoms with E-state index in [1.54, 1.807) is 12.1 Å². The van der Waals surface area contributed by atoms with Crippen molar-refractivity contribution in [2.45, 2.75) is 39.5 Å². The Morgan fingerprint density at radius 3 is 2.14 bits per heavy atom. The number of hydrogen-bond donors (Lipinski definition) is 2. The first kappa shape index (κ1) is 22.4. The number of nitrogens with zero attached hydrogens (tertiary/aromatic N) is 4. The number of phenolic OH excluding ortho intramolecular Hbond substituents is 2. The van der Waals surface area contributed by atoms with Crippen molar-refractivity contribution in [3.8, 4) is 11.5 Å². The number of nitro groups is 1. The van der Waals surface area contributed by atoms with Crippen LogP contribution in [0.3, 0.4) is 0 Å². The predicted molar refractivity (Wildman–Crippen MR) is 114 cm³/mol. The normalized spacial score (nSPS) is 11.1. The highest BCUT2D eigenvalue weighted by molar-refractivity contribution is 6.33. The molecule has 0 aliphatic carbocycles. The molecule has 0 unspecified atom stereocenters. The van der Waals surface area contributed by atoms with E-state index in [-0.39, 0.29) is 22.1 Å². The Hall–Kier alpha value is -2.87. The molecule has 0 spiro atoms. The molecular formula is C20H25ClN4O4. The molecule has 9 heteroatoms. The van der Waals surface area contributed by atoms with Gasteiger partial charge in [-0.1, -0.05) is 38.3 Å².